The van der Waals surface area contributed by atoms with Crippen molar-refractivity contribution in [3.05, 3.63) is 43.4 Å². The van der Waals surface area contributed by atoms with Crippen LogP contribution in [0, 0.1) is 17.8 Å². The number of fused-ring (bicyclic) bond motifs is 2. The number of nitrogens with zero attached hydrogens (tertiary/aromatic N) is 7. The van der Waals surface area contributed by atoms with Gasteiger partial charge in [-0.25, -0.2) is 14.8 Å². The minimum Gasteiger partial charge on any atom is -0.342 e. The summed E-state index contributed by atoms with van der Waals surface area (Å²) in [7, 11) is 1.66. The van der Waals surface area contributed by atoms with Gasteiger partial charge in [0.25, 0.3) is 5.56 Å². The Labute approximate surface area is 197 Å². The number of piperidine rings is 1. The van der Waals surface area contributed by atoms with E-state index in [1.165, 1.54) is 15.6 Å². The monoisotopic (exact) mass is 459 g/mol. The Morgan fingerprint density at radius 3 is 2.76 bits per heavy atom. The lowest BCUT2D eigenvalue weighted by atomic mass is 10.0. The minimum absolute atomic E-state index is 0.00326. The van der Waals surface area contributed by atoms with E-state index in [1.807, 2.05) is 4.57 Å². The van der Waals surface area contributed by atoms with Gasteiger partial charge in [0.05, 0.1) is 18.4 Å². The van der Waals surface area contributed by atoms with Crippen molar-refractivity contribution in [2.45, 2.75) is 52.6 Å². The molecule has 1 atom stereocenters. The number of aromatic nitrogens is 6. The topological polar surface area (TPSA) is 90.8 Å². The molecule has 2 aliphatic rings. The Kier molecular flexibility index (Phi) is 5.82. The Morgan fingerprint density at radius 1 is 1.15 bits per heavy atom. The molecule has 0 radical (unpaired) electrons. The molecule has 3 aromatic rings. The largest absolute Gasteiger partial charge is 0.342 e. The molecular weight excluding hydrogens is 430 g/mol. The molecule has 1 aliphatic carbocycles. The number of imidazole rings is 1. The van der Waals surface area contributed by atoms with Crippen molar-refractivity contribution < 1.29 is 0 Å². The minimum atomic E-state index is -0.431. The second-order valence-electron chi connectivity index (χ2n) is 9.14. The van der Waals surface area contributed by atoms with Gasteiger partial charge in [-0.2, -0.15) is 4.98 Å². The van der Waals surface area contributed by atoms with E-state index in [-0.39, 0.29) is 6.54 Å². The van der Waals surface area contributed by atoms with Gasteiger partial charge in [-0.1, -0.05) is 25.0 Å². The quantitative estimate of drug-likeness (QED) is 0.523. The van der Waals surface area contributed by atoms with E-state index in [0.29, 0.717) is 35.4 Å². The van der Waals surface area contributed by atoms with Gasteiger partial charge >= 0.3 is 5.69 Å². The number of aryl methyl sites for hydroxylation is 1. The van der Waals surface area contributed by atoms with Gasteiger partial charge in [0, 0.05) is 31.6 Å². The van der Waals surface area contributed by atoms with Crippen LogP contribution in [0.1, 0.15) is 45.4 Å². The van der Waals surface area contributed by atoms with Gasteiger partial charge in [0.15, 0.2) is 11.2 Å². The smallest absolute Gasteiger partial charge is 0.332 e. The highest BCUT2D eigenvalue weighted by Gasteiger charge is 2.26. The summed E-state index contributed by atoms with van der Waals surface area (Å²) in [5.41, 5.74) is -0.0570. The van der Waals surface area contributed by atoms with Crippen LogP contribution in [0.25, 0.3) is 23.3 Å². The van der Waals surface area contributed by atoms with Crippen LogP contribution in [0.5, 0.6) is 0 Å². The molecule has 1 unspecified atom stereocenters. The van der Waals surface area contributed by atoms with Crippen LogP contribution in [0.15, 0.2) is 15.8 Å². The molecule has 3 aromatic heterocycles. The molecule has 1 aliphatic heterocycles. The Bertz CT molecular complexity index is 1570. The molecule has 1 fully saturated rings. The Balaban J connectivity index is 1.67. The molecular formula is C25H29N7O2. The number of rotatable bonds is 4. The van der Waals surface area contributed by atoms with Crippen molar-refractivity contribution >= 4 is 29.3 Å². The van der Waals surface area contributed by atoms with Crippen LogP contribution in [-0.4, -0.2) is 41.7 Å². The standard InChI is InChI=1S/C25H29N7O2/c1-4-5-13-31-21-22(28-24(31)30-12-8-9-17(2)15-30)29(3)25(34)32(23(21)33)16-20-26-14-18-10-6-7-11-19(18)27-20/h10-11,14,17H,6-9,12-13,15-16H2,1-3H3. The number of hydrogen-bond acceptors (Lipinski definition) is 6. The second-order valence-corrected chi connectivity index (χ2v) is 9.14. The summed E-state index contributed by atoms with van der Waals surface area (Å²) in [6.45, 7) is 6.07. The summed E-state index contributed by atoms with van der Waals surface area (Å²) in [4.78, 5) is 42.9. The third kappa shape index (κ3) is 3.83. The Hall–Kier alpha value is -3.67. The fraction of sp³-hybridized carbons (Fsp3) is 0.480. The van der Waals surface area contributed by atoms with E-state index in [4.69, 9.17) is 4.98 Å². The van der Waals surface area contributed by atoms with Crippen LogP contribution in [0.4, 0.5) is 5.95 Å². The first-order valence-corrected chi connectivity index (χ1v) is 11.8. The molecule has 9 nitrogen and oxygen atoms in total. The van der Waals surface area contributed by atoms with E-state index in [1.54, 1.807) is 20.2 Å². The van der Waals surface area contributed by atoms with Gasteiger partial charge in [0.1, 0.15) is 5.82 Å². The van der Waals surface area contributed by atoms with E-state index in [0.717, 1.165) is 42.9 Å². The van der Waals surface area contributed by atoms with Crippen molar-refractivity contribution in [2.75, 3.05) is 18.0 Å². The predicted molar refractivity (Wildman–Crippen MR) is 132 cm³/mol. The van der Waals surface area contributed by atoms with Crippen molar-refractivity contribution in [1.29, 1.82) is 0 Å². The van der Waals surface area contributed by atoms with Crippen molar-refractivity contribution in [1.82, 2.24) is 28.7 Å². The normalized spacial score (nSPS) is 17.5. The molecule has 5 rings (SSSR count). The maximum atomic E-state index is 13.7. The number of anilines is 1. The first kappa shape index (κ1) is 22.1. The lowest BCUT2D eigenvalue weighted by Gasteiger charge is -2.31. The van der Waals surface area contributed by atoms with Crippen LogP contribution >= 0.6 is 0 Å². The fourth-order valence-electron chi connectivity index (χ4n) is 4.86. The average molecular weight is 460 g/mol. The van der Waals surface area contributed by atoms with E-state index < -0.39 is 11.2 Å². The second kappa shape index (κ2) is 8.93. The van der Waals surface area contributed by atoms with Gasteiger partial charge in [-0.05, 0) is 38.5 Å². The number of hydrogen-bond donors (Lipinski definition) is 0. The van der Waals surface area contributed by atoms with E-state index in [2.05, 4.69) is 45.8 Å². The molecule has 4 heterocycles. The third-order valence-electron chi connectivity index (χ3n) is 6.63. The van der Waals surface area contributed by atoms with Gasteiger partial charge in [-0.15, -0.1) is 5.92 Å². The molecule has 0 bridgehead atoms. The maximum Gasteiger partial charge on any atom is 0.332 e. The van der Waals surface area contributed by atoms with Crippen molar-refractivity contribution in [2.24, 2.45) is 13.0 Å². The maximum absolute atomic E-state index is 13.7. The SMILES string of the molecule is CC#CCn1c(N2CCCC(C)C2)nc2c1c(=O)n(Cc1ncc3c(n1)=CCCC=3)c(=O)n2C. The van der Waals surface area contributed by atoms with Crippen LogP contribution < -0.4 is 26.7 Å². The van der Waals surface area contributed by atoms with E-state index >= 15 is 0 Å². The molecule has 176 valence electrons. The molecule has 0 aromatic carbocycles. The van der Waals surface area contributed by atoms with Crippen LogP contribution in [-0.2, 0) is 20.1 Å². The van der Waals surface area contributed by atoms with Gasteiger partial charge in [-0.3, -0.25) is 18.5 Å². The summed E-state index contributed by atoms with van der Waals surface area (Å²) < 4.78 is 4.51. The summed E-state index contributed by atoms with van der Waals surface area (Å²) >= 11 is 0. The zero-order valence-electron chi connectivity index (χ0n) is 19.9. The first-order chi connectivity index (χ1) is 16.5. The molecule has 9 heteroatoms. The van der Waals surface area contributed by atoms with Crippen molar-refractivity contribution in [3.8, 4) is 11.8 Å². The summed E-state index contributed by atoms with van der Waals surface area (Å²) in [6.07, 6.45) is 10.1. The fourth-order valence-corrected chi connectivity index (χ4v) is 4.86. The lowest BCUT2D eigenvalue weighted by Crippen LogP contribution is -2.41. The molecule has 0 spiro atoms. The highest BCUT2D eigenvalue weighted by atomic mass is 16.2. The molecule has 34 heavy (non-hydrogen) atoms. The molecule has 0 amide bonds. The highest BCUT2D eigenvalue weighted by Crippen LogP contribution is 2.25. The van der Waals surface area contributed by atoms with Gasteiger partial charge < -0.3 is 4.90 Å². The van der Waals surface area contributed by atoms with Crippen molar-refractivity contribution in [3.63, 3.8) is 0 Å². The van der Waals surface area contributed by atoms with Gasteiger partial charge in [0.2, 0.25) is 5.95 Å². The molecule has 0 N–H and O–H groups in total. The predicted octanol–water partition coefficient (Wildman–Crippen LogP) is 0.349. The Morgan fingerprint density at radius 2 is 1.97 bits per heavy atom. The lowest BCUT2D eigenvalue weighted by molar-refractivity contribution is 0.439. The van der Waals surface area contributed by atoms with E-state index in [9.17, 15) is 9.59 Å². The first-order valence-electron chi connectivity index (χ1n) is 11.8. The molecule has 0 saturated carbocycles. The average Bonchev–Trinajstić information content (AvgIpc) is 3.23. The summed E-state index contributed by atoms with van der Waals surface area (Å²) in [5.74, 6) is 7.67. The molecule has 1 saturated heterocycles. The highest BCUT2D eigenvalue weighted by molar-refractivity contribution is 5.75. The zero-order valence-corrected chi connectivity index (χ0v) is 19.9. The van der Waals surface area contributed by atoms with Crippen LogP contribution in [0.2, 0.25) is 0 Å². The third-order valence-corrected chi connectivity index (χ3v) is 6.63. The van der Waals surface area contributed by atoms with Crippen LogP contribution in [0.3, 0.4) is 0 Å². The zero-order chi connectivity index (χ0) is 23.8. The summed E-state index contributed by atoms with van der Waals surface area (Å²) in [5, 5.41) is 1.84. The summed E-state index contributed by atoms with van der Waals surface area (Å²) in [6, 6.07) is 0.